The van der Waals surface area contributed by atoms with E-state index in [1.54, 1.807) is 0 Å². The number of benzene rings is 1. The molecule has 0 spiro atoms. The molecule has 1 aromatic rings. The molecule has 2 rings (SSSR count). The van der Waals surface area contributed by atoms with Crippen molar-refractivity contribution in [1.82, 2.24) is 5.32 Å². The van der Waals surface area contributed by atoms with E-state index in [2.05, 4.69) is 5.32 Å². The van der Waals surface area contributed by atoms with E-state index in [-0.39, 0.29) is 17.9 Å². The molecule has 96 valence electrons. The molecule has 1 aliphatic rings. The lowest BCUT2D eigenvalue weighted by Gasteiger charge is -2.18. The number of carbonyl (C=O) groups excluding carboxylic acids is 2. The molecule has 1 unspecified atom stereocenters. The highest BCUT2D eigenvalue weighted by Crippen LogP contribution is 2.18. The van der Waals surface area contributed by atoms with Gasteiger partial charge in [-0.05, 0) is 12.0 Å². The van der Waals surface area contributed by atoms with Crippen LogP contribution in [-0.4, -0.2) is 25.4 Å². The maximum absolute atomic E-state index is 12.0. The van der Waals surface area contributed by atoms with Crippen molar-refractivity contribution in [3.63, 3.8) is 0 Å². The van der Waals surface area contributed by atoms with Gasteiger partial charge in [0, 0.05) is 13.0 Å². The van der Waals surface area contributed by atoms with Crippen LogP contribution in [0.3, 0.4) is 0 Å². The molecule has 1 amide bonds. The van der Waals surface area contributed by atoms with Gasteiger partial charge in [-0.15, -0.1) is 0 Å². The SMILES string of the molecule is O=CC[C@H](NC(=O)C1CCOC1)c1ccccc1. The van der Waals surface area contributed by atoms with Crippen LogP contribution in [0.25, 0.3) is 0 Å². The van der Waals surface area contributed by atoms with E-state index in [1.165, 1.54) is 0 Å². The summed E-state index contributed by atoms with van der Waals surface area (Å²) in [5, 5.41) is 2.93. The van der Waals surface area contributed by atoms with Crippen molar-refractivity contribution in [2.24, 2.45) is 5.92 Å². The quantitative estimate of drug-likeness (QED) is 0.802. The zero-order valence-corrected chi connectivity index (χ0v) is 10.2. The lowest BCUT2D eigenvalue weighted by Crippen LogP contribution is -2.34. The summed E-state index contributed by atoms with van der Waals surface area (Å²) in [7, 11) is 0. The molecule has 18 heavy (non-hydrogen) atoms. The molecule has 0 saturated carbocycles. The summed E-state index contributed by atoms with van der Waals surface area (Å²) < 4.78 is 5.20. The summed E-state index contributed by atoms with van der Waals surface area (Å²) in [5.41, 5.74) is 0.955. The van der Waals surface area contributed by atoms with Crippen LogP contribution in [0, 0.1) is 5.92 Å². The van der Waals surface area contributed by atoms with Crippen LogP contribution in [-0.2, 0) is 14.3 Å². The Kier molecular flexibility index (Phi) is 4.47. The number of ether oxygens (including phenoxy) is 1. The van der Waals surface area contributed by atoms with Gasteiger partial charge >= 0.3 is 0 Å². The van der Waals surface area contributed by atoms with Crippen LogP contribution in [0.5, 0.6) is 0 Å². The zero-order chi connectivity index (χ0) is 12.8. The second-order valence-corrected chi connectivity index (χ2v) is 4.43. The molecule has 0 bridgehead atoms. The van der Waals surface area contributed by atoms with E-state index in [4.69, 9.17) is 4.74 Å². The minimum atomic E-state index is -0.239. The Labute approximate surface area is 106 Å². The third kappa shape index (κ3) is 3.17. The molecule has 1 aromatic carbocycles. The molecule has 0 aromatic heterocycles. The second kappa shape index (κ2) is 6.31. The van der Waals surface area contributed by atoms with E-state index >= 15 is 0 Å². The van der Waals surface area contributed by atoms with Gasteiger partial charge in [0.25, 0.3) is 0 Å². The fourth-order valence-electron chi connectivity index (χ4n) is 2.09. The van der Waals surface area contributed by atoms with Crippen molar-refractivity contribution in [3.05, 3.63) is 35.9 Å². The normalized spacial score (nSPS) is 20.3. The van der Waals surface area contributed by atoms with Crippen LogP contribution in [0.15, 0.2) is 30.3 Å². The maximum Gasteiger partial charge on any atom is 0.226 e. The molecule has 1 N–H and O–H groups in total. The van der Waals surface area contributed by atoms with Crippen molar-refractivity contribution in [3.8, 4) is 0 Å². The van der Waals surface area contributed by atoms with Gasteiger partial charge in [0.05, 0.1) is 18.6 Å². The number of amides is 1. The lowest BCUT2D eigenvalue weighted by molar-refractivity contribution is -0.125. The first-order chi connectivity index (χ1) is 8.81. The van der Waals surface area contributed by atoms with E-state index in [0.29, 0.717) is 19.6 Å². The molecule has 4 nitrogen and oxygen atoms in total. The van der Waals surface area contributed by atoms with E-state index in [1.807, 2.05) is 30.3 Å². The van der Waals surface area contributed by atoms with E-state index < -0.39 is 0 Å². The summed E-state index contributed by atoms with van der Waals surface area (Å²) in [6.07, 6.45) is 1.89. The minimum Gasteiger partial charge on any atom is -0.381 e. The average molecular weight is 247 g/mol. The standard InChI is InChI=1S/C14H17NO3/c16-8-6-13(11-4-2-1-3-5-11)15-14(17)12-7-9-18-10-12/h1-5,8,12-13H,6-7,9-10H2,(H,15,17)/t12?,13-/m0/s1. The number of aldehydes is 1. The summed E-state index contributed by atoms with van der Waals surface area (Å²) >= 11 is 0. The fraction of sp³-hybridized carbons (Fsp3) is 0.429. The Balaban J connectivity index is 2.02. The zero-order valence-electron chi connectivity index (χ0n) is 10.2. The first-order valence-electron chi connectivity index (χ1n) is 6.18. The Hall–Kier alpha value is -1.68. The van der Waals surface area contributed by atoms with Gasteiger partial charge in [-0.1, -0.05) is 30.3 Å². The summed E-state index contributed by atoms with van der Waals surface area (Å²) in [5.74, 6) is -0.105. The summed E-state index contributed by atoms with van der Waals surface area (Å²) in [6.45, 7) is 1.12. The van der Waals surface area contributed by atoms with Crippen molar-refractivity contribution < 1.29 is 14.3 Å². The molecule has 2 atom stereocenters. The van der Waals surface area contributed by atoms with Crippen LogP contribution in [0.1, 0.15) is 24.4 Å². The van der Waals surface area contributed by atoms with Gasteiger partial charge in [-0.2, -0.15) is 0 Å². The predicted molar refractivity (Wildman–Crippen MR) is 66.9 cm³/mol. The summed E-state index contributed by atoms with van der Waals surface area (Å²) in [6, 6.07) is 9.31. The van der Waals surface area contributed by atoms with Gasteiger partial charge in [0.1, 0.15) is 6.29 Å². The van der Waals surface area contributed by atoms with Crippen LogP contribution in [0.4, 0.5) is 0 Å². The highest BCUT2D eigenvalue weighted by Gasteiger charge is 2.25. The molecular formula is C14H17NO3. The lowest BCUT2D eigenvalue weighted by atomic mass is 10.0. The fourth-order valence-corrected chi connectivity index (χ4v) is 2.09. The number of rotatable bonds is 5. The van der Waals surface area contributed by atoms with Crippen LogP contribution >= 0.6 is 0 Å². The van der Waals surface area contributed by atoms with Crippen molar-refractivity contribution in [2.45, 2.75) is 18.9 Å². The molecule has 1 heterocycles. The predicted octanol–water partition coefficient (Wildman–Crippen LogP) is 1.47. The molecule has 1 aliphatic heterocycles. The van der Waals surface area contributed by atoms with E-state index in [9.17, 15) is 9.59 Å². The second-order valence-electron chi connectivity index (χ2n) is 4.43. The Morgan fingerprint density at radius 2 is 2.22 bits per heavy atom. The van der Waals surface area contributed by atoms with Crippen molar-refractivity contribution in [2.75, 3.05) is 13.2 Å². The third-order valence-corrected chi connectivity index (χ3v) is 3.15. The van der Waals surface area contributed by atoms with Gasteiger partial charge in [0.15, 0.2) is 0 Å². The number of hydrogen-bond acceptors (Lipinski definition) is 3. The van der Waals surface area contributed by atoms with Crippen LogP contribution < -0.4 is 5.32 Å². The van der Waals surface area contributed by atoms with Gasteiger partial charge in [0.2, 0.25) is 5.91 Å². The highest BCUT2D eigenvalue weighted by atomic mass is 16.5. The molecule has 1 saturated heterocycles. The topological polar surface area (TPSA) is 55.4 Å². The van der Waals surface area contributed by atoms with Gasteiger partial charge < -0.3 is 14.8 Å². The largest absolute Gasteiger partial charge is 0.381 e. The third-order valence-electron chi connectivity index (χ3n) is 3.15. The Morgan fingerprint density at radius 3 is 2.83 bits per heavy atom. The maximum atomic E-state index is 12.0. The molecule has 4 heteroatoms. The van der Waals surface area contributed by atoms with Crippen molar-refractivity contribution >= 4 is 12.2 Å². The Bertz CT molecular complexity index is 399. The first kappa shape index (κ1) is 12.8. The highest BCUT2D eigenvalue weighted by molar-refractivity contribution is 5.79. The molecule has 0 radical (unpaired) electrons. The van der Waals surface area contributed by atoms with Crippen molar-refractivity contribution in [1.29, 1.82) is 0 Å². The smallest absolute Gasteiger partial charge is 0.226 e. The average Bonchev–Trinajstić information content (AvgIpc) is 2.93. The number of carbonyl (C=O) groups is 2. The number of hydrogen-bond donors (Lipinski definition) is 1. The first-order valence-corrected chi connectivity index (χ1v) is 6.18. The van der Waals surface area contributed by atoms with Gasteiger partial charge in [-0.3, -0.25) is 4.79 Å². The minimum absolute atomic E-state index is 0.0248. The number of nitrogens with one attached hydrogen (secondary N) is 1. The summed E-state index contributed by atoms with van der Waals surface area (Å²) in [4.78, 5) is 22.7. The molecular weight excluding hydrogens is 230 g/mol. The van der Waals surface area contributed by atoms with Gasteiger partial charge in [-0.25, -0.2) is 0 Å². The van der Waals surface area contributed by atoms with Crippen LogP contribution in [0.2, 0.25) is 0 Å². The monoisotopic (exact) mass is 247 g/mol. The Morgan fingerprint density at radius 1 is 1.44 bits per heavy atom. The van der Waals surface area contributed by atoms with E-state index in [0.717, 1.165) is 18.3 Å². The molecule has 1 fully saturated rings. The molecule has 0 aliphatic carbocycles.